The van der Waals surface area contributed by atoms with E-state index < -0.39 is 0 Å². The van der Waals surface area contributed by atoms with Crippen LogP contribution in [0.1, 0.15) is 54.4 Å². The van der Waals surface area contributed by atoms with Crippen LogP contribution in [-0.2, 0) is 9.47 Å². The number of hydrogen-bond donors (Lipinski definition) is 0. The highest BCUT2D eigenvalue weighted by molar-refractivity contribution is 4.59. The molecule has 0 saturated carbocycles. The standard InChI is InChI=1S/C12H26O2/c1-7-11(8-2)14-10(3)13-9-12(4,5)6/h10-11H,7-9H2,1-6H3. The molecule has 0 rings (SSSR count). The van der Waals surface area contributed by atoms with E-state index in [2.05, 4.69) is 34.6 Å². The van der Waals surface area contributed by atoms with Crippen molar-refractivity contribution in [2.75, 3.05) is 6.61 Å². The molecule has 0 aliphatic heterocycles. The van der Waals surface area contributed by atoms with Gasteiger partial charge in [-0.2, -0.15) is 0 Å². The minimum Gasteiger partial charge on any atom is -0.352 e. The summed E-state index contributed by atoms with van der Waals surface area (Å²) in [6, 6.07) is 0. The van der Waals surface area contributed by atoms with Gasteiger partial charge < -0.3 is 9.47 Å². The van der Waals surface area contributed by atoms with Gasteiger partial charge in [0.1, 0.15) is 0 Å². The van der Waals surface area contributed by atoms with Crippen LogP contribution in [0.4, 0.5) is 0 Å². The van der Waals surface area contributed by atoms with Crippen molar-refractivity contribution in [3.8, 4) is 0 Å². The predicted octanol–water partition coefficient (Wildman–Crippen LogP) is 3.60. The van der Waals surface area contributed by atoms with Gasteiger partial charge >= 0.3 is 0 Å². The smallest absolute Gasteiger partial charge is 0.155 e. The molecule has 0 N–H and O–H groups in total. The summed E-state index contributed by atoms with van der Waals surface area (Å²) in [5.74, 6) is 0. The van der Waals surface area contributed by atoms with E-state index in [1.54, 1.807) is 0 Å². The Labute approximate surface area is 89.0 Å². The second kappa shape index (κ2) is 6.41. The molecule has 0 bridgehead atoms. The lowest BCUT2D eigenvalue weighted by atomic mass is 9.99. The molecular formula is C12H26O2. The molecular weight excluding hydrogens is 176 g/mol. The van der Waals surface area contributed by atoms with Crippen molar-refractivity contribution in [3.63, 3.8) is 0 Å². The topological polar surface area (TPSA) is 18.5 Å². The Hall–Kier alpha value is -0.0800. The summed E-state index contributed by atoms with van der Waals surface area (Å²) in [7, 11) is 0. The van der Waals surface area contributed by atoms with Gasteiger partial charge in [0.25, 0.3) is 0 Å². The predicted molar refractivity (Wildman–Crippen MR) is 60.3 cm³/mol. The molecule has 0 fully saturated rings. The summed E-state index contributed by atoms with van der Waals surface area (Å²) in [5.41, 5.74) is 0.214. The first-order valence-electron chi connectivity index (χ1n) is 5.66. The van der Waals surface area contributed by atoms with E-state index in [0.717, 1.165) is 19.4 Å². The lowest BCUT2D eigenvalue weighted by molar-refractivity contribution is -0.172. The van der Waals surface area contributed by atoms with Crippen molar-refractivity contribution in [1.82, 2.24) is 0 Å². The van der Waals surface area contributed by atoms with E-state index in [-0.39, 0.29) is 11.7 Å². The zero-order valence-electron chi connectivity index (χ0n) is 10.6. The van der Waals surface area contributed by atoms with Gasteiger partial charge in [-0.15, -0.1) is 0 Å². The molecule has 0 aromatic carbocycles. The molecule has 86 valence electrons. The first-order valence-corrected chi connectivity index (χ1v) is 5.66. The van der Waals surface area contributed by atoms with Crippen LogP contribution in [0.5, 0.6) is 0 Å². The molecule has 14 heavy (non-hydrogen) atoms. The second-order valence-corrected chi connectivity index (χ2v) is 5.01. The second-order valence-electron chi connectivity index (χ2n) is 5.01. The molecule has 0 spiro atoms. The zero-order valence-corrected chi connectivity index (χ0v) is 10.6. The first-order chi connectivity index (χ1) is 6.39. The van der Waals surface area contributed by atoms with Crippen LogP contribution in [0.25, 0.3) is 0 Å². The highest BCUT2D eigenvalue weighted by Crippen LogP contribution is 2.15. The summed E-state index contributed by atoms with van der Waals surface area (Å²) in [6.45, 7) is 13.5. The summed E-state index contributed by atoms with van der Waals surface area (Å²) >= 11 is 0. The van der Waals surface area contributed by atoms with Gasteiger partial charge in [0, 0.05) is 0 Å². The van der Waals surface area contributed by atoms with Crippen molar-refractivity contribution in [2.45, 2.75) is 66.8 Å². The minimum absolute atomic E-state index is 0.0841. The Bertz CT molecular complexity index is 134. The number of rotatable bonds is 6. The largest absolute Gasteiger partial charge is 0.352 e. The molecule has 0 aliphatic rings. The SMILES string of the molecule is CCC(CC)OC(C)OCC(C)(C)C. The lowest BCUT2D eigenvalue weighted by Gasteiger charge is -2.24. The Kier molecular flexibility index (Phi) is 6.38. The van der Waals surface area contributed by atoms with Crippen LogP contribution in [0.15, 0.2) is 0 Å². The van der Waals surface area contributed by atoms with E-state index >= 15 is 0 Å². The average molecular weight is 202 g/mol. The fourth-order valence-electron chi connectivity index (χ4n) is 1.16. The van der Waals surface area contributed by atoms with Gasteiger partial charge in [-0.1, -0.05) is 34.6 Å². The maximum absolute atomic E-state index is 5.72. The molecule has 1 unspecified atom stereocenters. The average Bonchev–Trinajstić information content (AvgIpc) is 2.09. The van der Waals surface area contributed by atoms with Crippen LogP contribution in [-0.4, -0.2) is 19.0 Å². The molecule has 0 radical (unpaired) electrons. The summed E-state index contributed by atoms with van der Waals surface area (Å²) in [4.78, 5) is 0. The third-order valence-electron chi connectivity index (χ3n) is 2.05. The van der Waals surface area contributed by atoms with Gasteiger partial charge in [-0.3, -0.25) is 0 Å². The molecule has 2 heteroatoms. The quantitative estimate of drug-likeness (QED) is 0.613. The Morgan fingerprint density at radius 3 is 1.93 bits per heavy atom. The van der Waals surface area contributed by atoms with Gasteiger partial charge in [0.2, 0.25) is 0 Å². The molecule has 0 amide bonds. The highest BCUT2D eigenvalue weighted by atomic mass is 16.7. The van der Waals surface area contributed by atoms with E-state index in [1.807, 2.05) is 6.92 Å². The van der Waals surface area contributed by atoms with Crippen molar-refractivity contribution in [2.24, 2.45) is 5.41 Å². The third-order valence-corrected chi connectivity index (χ3v) is 2.05. The maximum atomic E-state index is 5.72. The lowest BCUT2D eigenvalue weighted by Crippen LogP contribution is -2.25. The molecule has 0 aromatic rings. The third kappa shape index (κ3) is 7.34. The molecule has 1 atom stereocenters. The van der Waals surface area contributed by atoms with Crippen molar-refractivity contribution < 1.29 is 9.47 Å². The maximum Gasteiger partial charge on any atom is 0.155 e. The monoisotopic (exact) mass is 202 g/mol. The van der Waals surface area contributed by atoms with Gasteiger partial charge in [0.05, 0.1) is 12.7 Å². The zero-order chi connectivity index (χ0) is 11.2. The molecule has 0 aromatic heterocycles. The van der Waals surface area contributed by atoms with Crippen molar-refractivity contribution in [1.29, 1.82) is 0 Å². The Morgan fingerprint density at radius 1 is 1.07 bits per heavy atom. The molecule has 0 heterocycles. The summed E-state index contributed by atoms with van der Waals surface area (Å²) in [6.07, 6.45) is 2.36. The summed E-state index contributed by atoms with van der Waals surface area (Å²) < 4.78 is 11.3. The van der Waals surface area contributed by atoms with Crippen molar-refractivity contribution >= 4 is 0 Å². The van der Waals surface area contributed by atoms with E-state index in [1.165, 1.54) is 0 Å². The first kappa shape index (κ1) is 13.9. The van der Waals surface area contributed by atoms with Gasteiger partial charge in [0.15, 0.2) is 6.29 Å². The van der Waals surface area contributed by atoms with Crippen LogP contribution in [0, 0.1) is 5.41 Å². The number of ether oxygens (including phenoxy) is 2. The number of hydrogen-bond acceptors (Lipinski definition) is 2. The minimum atomic E-state index is -0.0841. The van der Waals surface area contributed by atoms with E-state index in [9.17, 15) is 0 Å². The van der Waals surface area contributed by atoms with E-state index in [0.29, 0.717) is 6.10 Å². The van der Waals surface area contributed by atoms with Crippen LogP contribution >= 0.6 is 0 Å². The fourth-order valence-corrected chi connectivity index (χ4v) is 1.16. The molecule has 0 aliphatic carbocycles. The van der Waals surface area contributed by atoms with Crippen LogP contribution in [0.3, 0.4) is 0 Å². The fraction of sp³-hybridized carbons (Fsp3) is 1.00. The highest BCUT2D eigenvalue weighted by Gasteiger charge is 2.15. The normalized spacial score (nSPS) is 14.8. The summed E-state index contributed by atoms with van der Waals surface area (Å²) in [5, 5.41) is 0. The Morgan fingerprint density at radius 2 is 1.57 bits per heavy atom. The van der Waals surface area contributed by atoms with Gasteiger partial charge in [-0.25, -0.2) is 0 Å². The van der Waals surface area contributed by atoms with Crippen LogP contribution in [0.2, 0.25) is 0 Å². The molecule has 0 saturated heterocycles. The van der Waals surface area contributed by atoms with Gasteiger partial charge in [-0.05, 0) is 25.2 Å². The van der Waals surface area contributed by atoms with E-state index in [4.69, 9.17) is 9.47 Å². The van der Waals surface area contributed by atoms with Crippen molar-refractivity contribution in [3.05, 3.63) is 0 Å². The Balaban J connectivity index is 3.69. The van der Waals surface area contributed by atoms with Crippen LogP contribution < -0.4 is 0 Å². The molecule has 2 nitrogen and oxygen atoms in total.